The van der Waals surface area contributed by atoms with Crippen molar-refractivity contribution in [1.82, 2.24) is 14.9 Å². The van der Waals surface area contributed by atoms with Gasteiger partial charge in [-0.05, 0) is 24.3 Å². The van der Waals surface area contributed by atoms with Gasteiger partial charge in [0.05, 0.1) is 48.0 Å². The number of anilines is 7. The number of hydrogen-bond donors (Lipinski definition) is 5. The minimum Gasteiger partial charge on any atom is -0.494 e. The summed E-state index contributed by atoms with van der Waals surface area (Å²) in [4.78, 5) is 35.0. The summed E-state index contributed by atoms with van der Waals surface area (Å²) in [6, 6.07) is 9.91. The van der Waals surface area contributed by atoms with Gasteiger partial charge in [-0.15, -0.1) is 0 Å². The molecule has 16 heteroatoms. The smallest absolute Gasteiger partial charge is 0.407 e. The molecule has 0 radical (unpaired) electrons. The predicted molar refractivity (Wildman–Crippen MR) is 164 cm³/mol. The second-order valence-electron chi connectivity index (χ2n) is 8.95. The minimum absolute atomic E-state index is 0.110. The number of para-hydroxylation sites is 2. The highest BCUT2D eigenvalue weighted by Crippen LogP contribution is 2.38. The van der Waals surface area contributed by atoms with Gasteiger partial charge < -0.3 is 35.6 Å². The monoisotopic (exact) mass is 618 g/mol. The molecule has 0 aliphatic rings. The van der Waals surface area contributed by atoms with Gasteiger partial charge in [0.15, 0.2) is 5.82 Å². The second-order valence-corrected chi connectivity index (χ2v) is 11.1. The van der Waals surface area contributed by atoms with Gasteiger partial charge in [-0.3, -0.25) is 9.52 Å². The maximum absolute atomic E-state index is 12.2. The lowest BCUT2D eigenvalue weighted by Gasteiger charge is -2.26. The zero-order chi connectivity index (χ0) is 31.0. The summed E-state index contributed by atoms with van der Waals surface area (Å²) in [7, 11) is 1.13. The summed E-state index contributed by atoms with van der Waals surface area (Å²) in [5, 5.41) is 18.2. The summed E-state index contributed by atoms with van der Waals surface area (Å²) in [5.74, 6) is 0.212. The van der Waals surface area contributed by atoms with Crippen molar-refractivity contribution in [3.05, 3.63) is 60.3 Å². The molecule has 1 heterocycles. The second kappa shape index (κ2) is 13.7. The van der Waals surface area contributed by atoms with Gasteiger partial charge in [-0.25, -0.2) is 18.2 Å². The van der Waals surface area contributed by atoms with Crippen LogP contribution in [0.4, 0.5) is 45.0 Å². The Morgan fingerprint density at radius 3 is 2.40 bits per heavy atom. The molecule has 0 fully saturated rings. The number of methoxy groups -OCH3 is 1. The van der Waals surface area contributed by atoms with Crippen LogP contribution in [0.5, 0.6) is 5.75 Å². The number of nitrogens with zero attached hydrogens (tertiary/aromatic N) is 4. The number of nitrogens with one attached hydrogen (secondary N) is 4. The Morgan fingerprint density at radius 2 is 1.79 bits per heavy atom. The fraction of sp³-hybridized carbons (Fsp3) is 0.231. The van der Waals surface area contributed by atoms with Gasteiger partial charge >= 0.3 is 6.09 Å². The lowest BCUT2D eigenvalue weighted by Crippen LogP contribution is -2.34. The van der Waals surface area contributed by atoms with Crippen LogP contribution < -0.4 is 30.3 Å². The van der Waals surface area contributed by atoms with Crippen molar-refractivity contribution >= 4 is 73.8 Å². The van der Waals surface area contributed by atoms with E-state index < -0.39 is 22.0 Å². The molecule has 0 aliphatic carbocycles. The van der Waals surface area contributed by atoms with E-state index in [2.05, 4.69) is 37.2 Å². The molecule has 0 unspecified atom stereocenters. The Bertz CT molecular complexity index is 1590. The van der Waals surface area contributed by atoms with Gasteiger partial charge in [0.1, 0.15) is 10.8 Å². The fourth-order valence-electron chi connectivity index (χ4n) is 3.60. The lowest BCUT2D eigenvalue weighted by atomic mass is 10.2. The number of hydrogen-bond acceptors (Lipinski definition) is 10. The van der Waals surface area contributed by atoms with Crippen molar-refractivity contribution in [2.24, 2.45) is 0 Å². The highest BCUT2D eigenvalue weighted by Gasteiger charge is 2.18. The molecule has 0 spiro atoms. The Labute approximate surface area is 248 Å². The first kappa shape index (κ1) is 31.8. The first-order valence-corrected chi connectivity index (χ1v) is 14.5. The maximum Gasteiger partial charge on any atom is 0.407 e. The molecule has 2 aromatic carbocycles. The Balaban J connectivity index is 1.96. The standard InChI is InChI=1S/C26H31ClN8O6S/c1-6-23(36)29-19-13-20(22(41-4)14-21(19)34(2)11-12-35(3)26(37)38)31-25-28-15-16(27)24(32-25)30-17-9-7-8-10-18(17)33-42(5,39)40/h6-10,13-15,33H,1,11-12H2,2-5H3,(H,29,36)(H,37,38)(H2,28,30,31,32). The summed E-state index contributed by atoms with van der Waals surface area (Å²) < 4.78 is 31.6. The third-order valence-electron chi connectivity index (χ3n) is 5.74. The van der Waals surface area contributed by atoms with E-state index in [9.17, 15) is 18.0 Å². The van der Waals surface area contributed by atoms with Gasteiger partial charge in [-0.1, -0.05) is 30.3 Å². The molecule has 3 rings (SSSR count). The molecule has 2 amide bonds. The molecule has 1 aromatic heterocycles. The molecule has 42 heavy (non-hydrogen) atoms. The van der Waals surface area contributed by atoms with Crippen LogP contribution in [-0.4, -0.2) is 80.9 Å². The fourth-order valence-corrected chi connectivity index (χ4v) is 4.31. The number of carbonyl (C=O) groups is 2. The van der Waals surface area contributed by atoms with Crippen molar-refractivity contribution in [2.75, 3.05) is 66.1 Å². The molecular weight excluding hydrogens is 588 g/mol. The van der Waals surface area contributed by atoms with E-state index in [0.717, 1.165) is 17.2 Å². The van der Waals surface area contributed by atoms with Crippen LogP contribution >= 0.6 is 11.6 Å². The van der Waals surface area contributed by atoms with E-state index in [1.54, 1.807) is 48.3 Å². The van der Waals surface area contributed by atoms with Gasteiger partial charge in [-0.2, -0.15) is 4.98 Å². The van der Waals surface area contributed by atoms with E-state index in [1.807, 2.05) is 0 Å². The molecule has 5 N–H and O–H groups in total. The third kappa shape index (κ3) is 8.62. The summed E-state index contributed by atoms with van der Waals surface area (Å²) in [5.41, 5.74) is 2.03. The van der Waals surface area contributed by atoms with Crippen LogP contribution in [0.3, 0.4) is 0 Å². The summed E-state index contributed by atoms with van der Waals surface area (Å²) in [6.07, 6.45) is 2.46. The molecule has 224 valence electrons. The maximum atomic E-state index is 12.2. The van der Waals surface area contributed by atoms with Crippen LogP contribution in [0.25, 0.3) is 0 Å². The summed E-state index contributed by atoms with van der Waals surface area (Å²) >= 11 is 6.34. The minimum atomic E-state index is -3.55. The van der Waals surface area contributed by atoms with Crippen LogP contribution in [-0.2, 0) is 14.8 Å². The van der Waals surface area contributed by atoms with Crippen molar-refractivity contribution < 1.29 is 27.9 Å². The molecule has 0 saturated heterocycles. The Morgan fingerprint density at radius 1 is 1.10 bits per heavy atom. The molecule has 3 aromatic rings. The lowest BCUT2D eigenvalue weighted by molar-refractivity contribution is -0.111. The molecule has 0 saturated carbocycles. The molecular formula is C26H31ClN8O6S. The van der Waals surface area contributed by atoms with Crippen LogP contribution in [0, 0.1) is 0 Å². The largest absolute Gasteiger partial charge is 0.494 e. The van der Waals surface area contributed by atoms with Gasteiger partial charge in [0, 0.05) is 33.3 Å². The van der Waals surface area contributed by atoms with Crippen LogP contribution in [0.15, 0.2) is 55.3 Å². The van der Waals surface area contributed by atoms with E-state index in [4.69, 9.17) is 21.4 Å². The SMILES string of the molecule is C=CC(=O)Nc1cc(Nc2ncc(Cl)c(Nc3ccccc3NS(C)(=O)=O)n2)c(OC)cc1N(C)CCN(C)C(=O)O. The number of rotatable bonds is 13. The Kier molecular flexibility index (Phi) is 10.4. The molecule has 14 nitrogen and oxygen atoms in total. The average molecular weight is 619 g/mol. The van der Waals surface area contributed by atoms with Crippen molar-refractivity contribution in [3.8, 4) is 5.75 Å². The molecule has 0 bridgehead atoms. The zero-order valence-electron chi connectivity index (χ0n) is 23.3. The van der Waals surface area contributed by atoms with Crippen molar-refractivity contribution in [3.63, 3.8) is 0 Å². The first-order valence-electron chi connectivity index (χ1n) is 12.2. The Hall–Kier alpha value is -4.76. The van der Waals surface area contributed by atoms with Gasteiger partial charge in [0.25, 0.3) is 0 Å². The first-order chi connectivity index (χ1) is 19.8. The summed E-state index contributed by atoms with van der Waals surface area (Å²) in [6.45, 7) is 4.03. The number of carboxylic acid groups (broad SMARTS) is 1. The van der Waals surface area contributed by atoms with E-state index in [-0.39, 0.29) is 23.3 Å². The van der Waals surface area contributed by atoms with E-state index in [1.165, 1.54) is 20.4 Å². The number of likely N-dealkylation sites (N-methyl/N-ethyl adjacent to an activating group) is 2. The number of halogens is 1. The number of sulfonamides is 1. The van der Waals surface area contributed by atoms with E-state index in [0.29, 0.717) is 40.7 Å². The van der Waals surface area contributed by atoms with E-state index >= 15 is 0 Å². The van der Waals surface area contributed by atoms with Crippen molar-refractivity contribution in [2.45, 2.75) is 0 Å². The van der Waals surface area contributed by atoms with Crippen LogP contribution in [0.2, 0.25) is 5.02 Å². The zero-order valence-corrected chi connectivity index (χ0v) is 24.9. The number of aromatic nitrogens is 2. The number of carbonyl (C=O) groups excluding carboxylic acids is 1. The number of ether oxygens (including phenoxy) is 1. The highest BCUT2D eigenvalue weighted by atomic mass is 35.5. The predicted octanol–water partition coefficient (Wildman–Crippen LogP) is 4.17. The molecule has 0 atom stereocenters. The van der Waals surface area contributed by atoms with Crippen LogP contribution in [0.1, 0.15) is 0 Å². The normalized spacial score (nSPS) is 10.8. The quantitative estimate of drug-likeness (QED) is 0.174. The van der Waals surface area contributed by atoms with Crippen molar-refractivity contribution in [1.29, 1.82) is 0 Å². The highest BCUT2D eigenvalue weighted by molar-refractivity contribution is 7.92. The topological polar surface area (TPSA) is 178 Å². The molecule has 0 aliphatic heterocycles. The number of benzene rings is 2. The van der Waals surface area contributed by atoms with Gasteiger partial charge in [0.2, 0.25) is 21.9 Å². The number of amides is 2. The third-order valence-corrected chi connectivity index (χ3v) is 6.60. The average Bonchev–Trinajstić information content (AvgIpc) is 2.93.